The van der Waals surface area contributed by atoms with Gasteiger partial charge in [-0.05, 0) is 50.6 Å². The molecule has 2 rings (SSSR count). The minimum absolute atomic E-state index is 0.324. The first-order valence-electron chi connectivity index (χ1n) is 9.40. The van der Waals surface area contributed by atoms with Crippen LogP contribution in [0.25, 0.3) is 0 Å². The maximum atomic E-state index is 14.0. The second kappa shape index (κ2) is 10.2. The Morgan fingerprint density at radius 3 is 2.55 bits per heavy atom. The number of rotatable bonds is 8. The number of alkyl halides is 4. The summed E-state index contributed by atoms with van der Waals surface area (Å²) in [4.78, 5) is 8.18. The number of ether oxygens (including phenoxy) is 1. The molecule has 1 aromatic heterocycles. The smallest absolute Gasteiger partial charge is 0.422 e. The van der Waals surface area contributed by atoms with Gasteiger partial charge < -0.3 is 4.74 Å². The van der Waals surface area contributed by atoms with Crippen molar-refractivity contribution in [1.29, 1.82) is 0 Å². The third-order valence-corrected chi connectivity index (χ3v) is 4.01. The highest BCUT2D eigenvalue weighted by Crippen LogP contribution is 2.24. The first-order valence-corrected chi connectivity index (χ1v) is 9.40. The molecule has 0 fully saturated rings. The van der Waals surface area contributed by atoms with Crippen molar-refractivity contribution in [3.8, 4) is 0 Å². The van der Waals surface area contributed by atoms with Gasteiger partial charge in [0.15, 0.2) is 6.61 Å². The van der Waals surface area contributed by atoms with Crippen molar-refractivity contribution in [2.24, 2.45) is 10.1 Å². The van der Waals surface area contributed by atoms with Crippen LogP contribution in [-0.4, -0.2) is 34.7 Å². The summed E-state index contributed by atoms with van der Waals surface area (Å²) in [5.74, 6) is 0. The lowest BCUT2D eigenvalue weighted by atomic mass is 10.1. The average molecular weight is 436 g/mol. The van der Waals surface area contributed by atoms with Crippen LogP contribution in [0.1, 0.15) is 32.0 Å². The van der Waals surface area contributed by atoms with E-state index in [0.717, 1.165) is 11.8 Å². The highest BCUT2D eigenvalue weighted by Gasteiger charge is 2.27. The minimum Gasteiger partial charge on any atom is -0.492 e. The Labute approximate surface area is 178 Å². The van der Waals surface area contributed by atoms with Gasteiger partial charge in [0, 0.05) is 24.2 Å². The van der Waals surface area contributed by atoms with Crippen LogP contribution in [0.5, 0.6) is 0 Å². The molecule has 0 spiro atoms. The fourth-order valence-corrected chi connectivity index (χ4v) is 2.44. The Hall–Kier alpha value is -3.23. The van der Waals surface area contributed by atoms with Crippen molar-refractivity contribution < 1.29 is 22.3 Å². The molecule has 0 N–H and O–H groups in total. The van der Waals surface area contributed by atoms with Crippen LogP contribution in [0.15, 0.2) is 77.0 Å². The zero-order valence-electron chi connectivity index (χ0n) is 17.5. The Morgan fingerprint density at radius 2 is 1.97 bits per heavy atom. The Balaban J connectivity index is 2.19. The number of aromatic nitrogens is 1. The summed E-state index contributed by atoms with van der Waals surface area (Å²) >= 11 is 0. The van der Waals surface area contributed by atoms with E-state index in [1.807, 2.05) is 0 Å². The second-order valence-corrected chi connectivity index (χ2v) is 7.11. The predicted octanol–water partition coefficient (Wildman–Crippen LogP) is 5.59. The third-order valence-electron chi connectivity index (χ3n) is 4.01. The summed E-state index contributed by atoms with van der Waals surface area (Å²) in [7, 11) is 0. The Bertz CT molecular complexity index is 920. The SMILES string of the molecule is C=C1C=CC(C(/C=C\OCC(F)(F)F)=C/N=C\C)=NN1Cc1ccc(C(C)(C)F)nc1. The maximum absolute atomic E-state index is 14.0. The first-order chi connectivity index (χ1) is 14.5. The number of pyridine rings is 1. The van der Waals surface area contributed by atoms with E-state index in [9.17, 15) is 17.6 Å². The van der Waals surface area contributed by atoms with Crippen molar-refractivity contribution in [2.45, 2.75) is 39.2 Å². The fourth-order valence-electron chi connectivity index (χ4n) is 2.44. The number of halogens is 4. The van der Waals surface area contributed by atoms with Crippen LogP contribution in [-0.2, 0) is 17.0 Å². The zero-order chi connectivity index (χ0) is 23.1. The van der Waals surface area contributed by atoms with Gasteiger partial charge in [0.2, 0.25) is 0 Å². The molecule has 166 valence electrons. The molecule has 0 saturated heterocycles. The maximum Gasteiger partial charge on any atom is 0.422 e. The highest BCUT2D eigenvalue weighted by atomic mass is 19.4. The number of aliphatic imine (C=N–C) groups is 1. The Kier molecular flexibility index (Phi) is 7.90. The molecule has 0 aliphatic carbocycles. The van der Waals surface area contributed by atoms with Crippen molar-refractivity contribution >= 4 is 11.9 Å². The molecule has 0 saturated carbocycles. The van der Waals surface area contributed by atoms with E-state index in [2.05, 4.69) is 26.4 Å². The average Bonchev–Trinajstić information content (AvgIpc) is 2.68. The number of hydrazone groups is 1. The van der Waals surface area contributed by atoms with E-state index in [-0.39, 0.29) is 0 Å². The van der Waals surface area contributed by atoms with Gasteiger partial charge in [-0.1, -0.05) is 12.6 Å². The predicted molar refractivity (Wildman–Crippen MR) is 113 cm³/mol. The van der Waals surface area contributed by atoms with Crippen LogP contribution >= 0.6 is 0 Å². The van der Waals surface area contributed by atoms with Gasteiger partial charge in [-0.15, -0.1) is 0 Å². The van der Waals surface area contributed by atoms with Crippen molar-refractivity contribution in [2.75, 3.05) is 6.61 Å². The van der Waals surface area contributed by atoms with E-state index in [1.54, 1.807) is 42.4 Å². The van der Waals surface area contributed by atoms with E-state index in [0.29, 0.717) is 29.2 Å². The van der Waals surface area contributed by atoms with Crippen LogP contribution < -0.4 is 0 Å². The number of hydrogen-bond acceptors (Lipinski definition) is 5. The number of hydrogen-bond donors (Lipinski definition) is 0. The topological polar surface area (TPSA) is 50.1 Å². The van der Waals surface area contributed by atoms with Crippen molar-refractivity contribution in [1.82, 2.24) is 9.99 Å². The number of nitrogens with zero attached hydrogens (tertiary/aromatic N) is 4. The molecule has 5 nitrogen and oxygen atoms in total. The van der Waals surface area contributed by atoms with Gasteiger partial charge in [0.1, 0.15) is 5.67 Å². The molecule has 9 heteroatoms. The molecule has 1 aliphatic heterocycles. The summed E-state index contributed by atoms with van der Waals surface area (Å²) in [6, 6.07) is 3.37. The molecule has 31 heavy (non-hydrogen) atoms. The molecular weight excluding hydrogens is 412 g/mol. The van der Waals surface area contributed by atoms with E-state index in [1.165, 1.54) is 32.3 Å². The minimum atomic E-state index is -4.42. The third kappa shape index (κ3) is 7.84. The molecule has 2 heterocycles. The molecule has 1 aromatic rings. The molecule has 0 atom stereocenters. The summed E-state index contributed by atoms with van der Waals surface area (Å²) in [5, 5.41) is 6.11. The molecule has 0 radical (unpaired) electrons. The quantitative estimate of drug-likeness (QED) is 0.231. The van der Waals surface area contributed by atoms with Gasteiger partial charge in [-0.2, -0.15) is 18.3 Å². The Morgan fingerprint density at radius 1 is 1.23 bits per heavy atom. The van der Waals surface area contributed by atoms with Crippen LogP contribution in [0.2, 0.25) is 0 Å². The molecule has 0 unspecified atom stereocenters. The van der Waals surface area contributed by atoms with Crippen LogP contribution in [0.3, 0.4) is 0 Å². The largest absolute Gasteiger partial charge is 0.492 e. The first kappa shape index (κ1) is 24.0. The lowest BCUT2D eigenvalue weighted by Crippen LogP contribution is -2.21. The molecule has 1 aliphatic rings. The van der Waals surface area contributed by atoms with Crippen LogP contribution in [0.4, 0.5) is 17.6 Å². The normalized spacial score (nSPS) is 15.8. The van der Waals surface area contributed by atoms with Gasteiger partial charge in [-0.25, -0.2) is 4.39 Å². The lowest BCUT2D eigenvalue weighted by Gasteiger charge is -2.24. The molecule has 0 amide bonds. The van der Waals surface area contributed by atoms with Gasteiger partial charge in [0.05, 0.1) is 29.9 Å². The van der Waals surface area contributed by atoms with E-state index in [4.69, 9.17) is 0 Å². The summed E-state index contributed by atoms with van der Waals surface area (Å²) in [6.07, 6.45) is 5.85. The van der Waals surface area contributed by atoms with Crippen molar-refractivity contribution in [3.63, 3.8) is 0 Å². The number of allylic oxidation sites excluding steroid dienone is 4. The van der Waals surface area contributed by atoms with Crippen LogP contribution in [0, 0.1) is 0 Å². The van der Waals surface area contributed by atoms with Crippen molar-refractivity contribution in [3.05, 3.63) is 78.1 Å². The molecule has 0 bridgehead atoms. The monoisotopic (exact) mass is 436 g/mol. The lowest BCUT2D eigenvalue weighted by molar-refractivity contribution is -0.161. The summed E-state index contributed by atoms with van der Waals surface area (Å²) in [5.41, 5.74) is 1.08. The van der Waals surface area contributed by atoms with E-state index >= 15 is 0 Å². The second-order valence-electron chi connectivity index (χ2n) is 7.11. The zero-order valence-corrected chi connectivity index (χ0v) is 17.5. The molecule has 0 aromatic carbocycles. The fraction of sp³-hybridized carbons (Fsp3) is 0.318. The van der Waals surface area contributed by atoms with Gasteiger partial charge in [-0.3, -0.25) is 15.0 Å². The standard InChI is InChI=1S/C22H24F4N4O/c1-5-27-13-18(10-11-31-15-22(24,25)26)19-8-6-16(2)30(29-19)14-17-7-9-20(28-12-17)21(3,4)23/h5-13H,2,14-15H2,1,3-4H3/b11-10-,18-13+,27-5-. The van der Waals surface area contributed by atoms with Gasteiger partial charge in [0.25, 0.3) is 0 Å². The summed E-state index contributed by atoms with van der Waals surface area (Å²) in [6.45, 7) is 7.45. The summed E-state index contributed by atoms with van der Waals surface area (Å²) < 4.78 is 55.3. The van der Waals surface area contributed by atoms with E-state index < -0.39 is 18.5 Å². The van der Waals surface area contributed by atoms with Gasteiger partial charge >= 0.3 is 6.18 Å². The molecular formula is C22H24F4N4O. The highest BCUT2D eigenvalue weighted by molar-refractivity contribution is 6.10.